The van der Waals surface area contributed by atoms with E-state index in [9.17, 15) is 9.59 Å². The summed E-state index contributed by atoms with van der Waals surface area (Å²) in [7, 11) is 3.13. The molecule has 0 aromatic heterocycles. The van der Waals surface area contributed by atoms with Crippen molar-refractivity contribution in [2.75, 3.05) is 24.2 Å². The Morgan fingerprint density at radius 3 is 2.06 bits per heavy atom. The molecule has 168 valence electrons. The first-order valence-electron chi connectivity index (χ1n) is 10.4. The lowest BCUT2D eigenvalue weighted by molar-refractivity contribution is -0.126. The second-order valence-corrected chi connectivity index (χ2v) is 8.23. The number of methoxy groups -OCH3 is 2. The van der Waals surface area contributed by atoms with Crippen LogP contribution in [0.2, 0.25) is 5.02 Å². The summed E-state index contributed by atoms with van der Waals surface area (Å²) in [5.74, 6) is -0.354. The second-order valence-electron chi connectivity index (χ2n) is 7.79. The van der Waals surface area contributed by atoms with Gasteiger partial charge in [-0.1, -0.05) is 29.8 Å². The molecule has 3 aromatic rings. The Morgan fingerprint density at radius 2 is 1.45 bits per heavy atom. The Balaban J connectivity index is 1.61. The number of nitrogens with zero attached hydrogens (tertiary/aromatic N) is 2. The summed E-state index contributed by atoms with van der Waals surface area (Å²) in [4.78, 5) is 34.3. The molecule has 7 nitrogen and oxygen atoms in total. The average Bonchev–Trinajstić information content (AvgIpc) is 3.36. The summed E-state index contributed by atoms with van der Waals surface area (Å²) in [6, 6.07) is 20.8. The van der Waals surface area contributed by atoms with Gasteiger partial charge in [0.05, 0.1) is 31.6 Å². The van der Waals surface area contributed by atoms with E-state index in [0.29, 0.717) is 22.2 Å². The highest BCUT2D eigenvalue weighted by molar-refractivity contribution is 6.31. The molecule has 2 heterocycles. The van der Waals surface area contributed by atoms with Crippen LogP contribution in [0.4, 0.5) is 11.4 Å². The summed E-state index contributed by atoms with van der Waals surface area (Å²) < 4.78 is 10.9. The number of halogens is 1. The van der Waals surface area contributed by atoms with Crippen molar-refractivity contribution >= 4 is 34.8 Å². The normalized spacial score (nSPS) is 22.0. The molecule has 0 aliphatic carbocycles. The largest absolute Gasteiger partial charge is 0.497 e. The van der Waals surface area contributed by atoms with E-state index in [1.165, 1.54) is 4.90 Å². The number of benzene rings is 3. The number of anilines is 2. The molecule has 0 saturated carbocycles. The first kappa shape index (κ1) is 21.3. The van der Waals surface area contributed by atoms with E-state index in [1.807, 2.05) is 42.5 Å². The number of hydrogen-bond acceptors (Lipinski definition) is 6. The maximum absolute atomic E-state index is 13.7. The van der Waals surface area contributed by atoms with Crippen LogP contribution in [-0.4, -0.2) is 32.1 Å². The molecule has 33 heavy (non-hydrogen) atoms. The Kier molecular flexibility index (Phi) is 5.44. The van der Waals surface area contributed by atoms with Gasteiger partial charge in [0.15, 0.2) is 6.10 Å². The van der Waals surface area contributed by atoms with Crippen LogP contribution in [0.25, 0.3) is 0 Å². The van der Waals surface area contributed by atoms with Gasteiger partial charge in [-0.25, -0.2) is 9.96 Å². The highest BCUT2D eigenvalue weighted by Crippen LogP contribution is 2.48. The Hall–Kier alpha value is -3.55. The third-order valence-corrected chi connectivity index (χ3v) is 6.18. The van der Waals surface area contributed by atoms with Gasteiger partial charge in [0, 0.05) is 11.1 Å². The van der Waals surface area contributed by atoms with E-state index in [-0.39, 0.29) is 5.91 Å². The number of ether oxygens (including phenoxy) is 2. The molecule has 5 rings (SSSR count). The molecule has 2 aliphatic heterocycles. The van der Waals surface area contributed by atoms with Crippen molar-refractivity contribution in [3.8, 4) is 11.5 Å². The van der Waals surface area contributed by atoms with E-state index < -0.39 is 24.0 Å². The monoisotopic (exact) mass is 464 g/mol. The maximum atomic E-state index is 13.7. The molecule has 2 saturated heterocycles. The predicted octanol–water partition coefficient (Wildman–Crippen LogP) is 4.41. The molecule has 3 unspecified atom stereocenters. The van der Waals surface area contributed by atoms with Gasteiger partial charge >= 0.3 is 0 Å². The van der Waals surface area contributed by atoms with Crippen molar-refractivity contribution in [2.24, 2.45) is 5.92 Å². The first-order valence-corrected chi connectivity index (χ1v) is 10.8. The minimum Gasteiger partial charge on any atom is -0.497 e. The number of carbonyl (C=O) groups excluding carboxylic acids is 2. The summed E-state index contributed by atoms with van der Waals surface area (Å²) >= 11 is 5.99. The molecule has 3 aromatic carbocycles. The van der Waals surface area contributed by atoms with E-state index in [1.54, 1.807) is 49.6 Å². The number of hydrogen-bond donors (Lipinski definition) is 0. The van der Waals surface area contributed by atoms with Gasteiger partial charge in [0.2, 0.25) is 5.91 Å². The van der Waals surface area contributed by atoms with Gasteiger partial charge in [0.25, 0.3) is 5.91 Å². The molecule has 2 fully saturated rings. The van der Waals surface area contributed by atoms with Crippen molar-refractivity contribution in [2.45, 2.75) is 12.1 Å². The van der Waals surface area contributed by atoms with E-state index in [2.05, 4.69) is 0 Å². The lowest BCUT2D eigenvalue weighted by atomic mass is 9.90. The first-order chi connectivity index (χ1) is 16.0. The van der Waals surface area contributed by atoms with Crippen molar-refractivity contribution in [1.29, 1.82) is 0 Å². The fourth-order valence-corrected chi connectivity index (χ4v) is 4.52. The van der Waals surface area contributed by atoms with Crippen LogP contribution in [0, 0.1) is 5.92 Å². The van der Waals surface area contributed by atoms with Gasteiger partial charge in [-0.05, 0) is 54.1 Å². The summed E-state index contributed by atoms with van der Waals surface area (Å²) in [5, 5.41) is 2.16. The van der Waals surface area contributed by atoms with Crippen molar-refractivity contribution in [3.63, 3.8) is 0 Å². The summed E-state index contributed by atoms with van der Waals surface area (Å²) in [6.07, 6.45) is -0.962. The number of amides is 2. The van der Waals surface area contributed by atoms with Crippen LogP contribution in [0.3, 0.4) is 0 Å². The molecule has 2 aliphatic rings. The fraction of sp³-hybridized carbons (Fsp3) is 0.200. The van der Waals surface area contributed by atoms with Crippen LogP contribution in [0.15, 0.2) is 72.8 Å². The lowest BCUT2D eigenvalue weighted by Crippen LogP contribution is -2.37. The zero-order valence-corrected chi connectivity index (χ0v) is 18.7. The third kappa shape index (κ3) is 3.59. The number of imide groups is 1. The van der Waals surface area contributed by atoms with Gasteiger partial charge < -0.3 is 9.47 Å². The topological polar surface area (TPSA) is 68.3 Å². The van der Waals surface area contributed by atoms with Gasteiger partial charge in [0.1, 0.15) is 17.4 Å². The van der Waals surface area contributed by atoms with Crippen molar-refractivity contribution in [3.05, 3.63) is 83.4 Å². The maximum Gasteiger partial charge on any atom is 0.266 e. The Bertz CT molecular complexity index is 1180. The molecule has 3 atom stereocenters. The van der Waals surface area contributed by atoms with E-state index in [0.717, 1.165) is 11.3 Å². The van der Waals surface area contributed by atoms with Crippen LogP contribution in [-0.2, 0) is 14.4 Å². The summed E-state index contributed by atoms with van der Waals surface area (Å²) in [6.45, 7) is 0. The Morgan fingerprint density at radius 1 is 0.818 bits per heavy atom. The lowest BCUT2D eigenvalue weighted by Gasteiger charge is -2.29. The smallest absolute Gasteiger partial charge is 0.266 e. The van der Waals surface area contributed by atoms with Crippen molar-refractivity contribution in [1.82, 2.24) is 0 Å². The van der Waals surface area contributed by atoms with Crippen LogP contribution < -0.4 is 19.4 Å². The SMILES string of the molecule is COc1cc(OC)cc(C2C3C(=O)N(c4ccc(Cl)cc4)C(=O)C3ON2c2ccccc2)c1. The van der Waals surface area contributed by atoms with Crippen LogP contribution in [0.5, 0.6) is 11.5 Å². The highest BCUT2D eigenvalue weighted by atomic mass is 35.5. The standard InChI is InChI=1S/C25H21ClN2O5/c1-31-19-12-15(13-20(14-19)32-2)22-21-23(33-28(22)18-6-4-3-5-7-18)25(30)27(24(21)29)17-10-8-16(26)9-11-17/h3-14,21-23H,1-2H3. The number of fused-ring (bicyclic) bond motifs is 1. The van der Waals surface area contributed by atoms with Crippen LogP contribution >= 0.6 is 11.6 Å². The van der Waals surface area contributed by atoms with E-state index in [4.69, 9.17) is 25.9 Å². The fourth-order valence-electron chi connectivity index (χ4n) is 4.40. The second kappa shape index (κ2) is 8.42. The molecule has 0 radical (unpaired) electrons. The molecular weight excluding hydrogens is 444 g/mol. The van der Waals surface area contributed by atoms with Gasteiger partial charge in [-0.15, -0.1) is 0 Å². The van der Waals surface area contributed by atoms with Gasteiger partial charge in [-0.3, -0.25) is 14.4 Å². The highest BCUT2D eigenvalue weighted by Gasteiger charge is 2.60. The van der Waals surface area contributed by atoms with Crippen molar-refractivity contribution < 1.29 is 23.9 Å². The number of para-hydroxylation sites is 1. The predicted molar refractivity (Wildman–Crippen MR) is 124 cm³/mol. The quantitative estimate of drug-likeness (QED) is 0.521. The zero-order valence-electron chi connectivity index (χ0n) is 18.0. The molecule has 8 heteroatoms. The van der Waals surface area contributed by atoms with Gasteiger partial charge in [-0.2, -0.15) is 0 Å². The average molecular weight is 465 g/mol. The molecular formula is C25H21ClN2O5. The van der Waals surface area contributed by atoms with Crippen LogP contribution in [0.1, 0.15) is 11.6 Å². The molecule has 0 spiro atoms. The minimum absolute atomic E-state index is 0.336. The minimum atomic E-state index is -0.962. The number of rotatable bonds is 5. The zero-order chi connectivity index (χ0) is 23.1. The summed E-state index contributed by atoms with van der Waals surface area (Å²) in [5.41, 5.74) is 1.93. The third-order valence-electron chi connectivity index (χ3n) is 5.93. The molecule has 2 amide bonds. The molecule has 0 bridgehead atoms. The van der Waals surface area contributed by atoms with E-state index >= 15 is 0 Å². The number of carbonyl (C=O) groups is 2. The Labute approximate surface area is 196 Å². The number of hydroxylamine groups is 1. The molecule has 0 N–H and O–H groups in total.